The van der Waals surface area contributed by atoms with Crippen LogP contribution in [0.2, 0.25) is 0 Å². The SMILES string of the molecule is COc1ccc2oc(-c3cccc(N=C(NC#N)SC)c3C)nc2c1. The van der Waals surface area contributed by atoms with Crippen molar-refractivity contribution in [3.63, 3.8) is 0 Å². The summed E-state index contributed by atoms with van der Waals surface area (Å²) < 4.78 is 11.1. The molecular weight excluding hydrogens is 336 g/mol. The van der Waals surface area contributed by atoms with Crippen LogP contribution in [0.15, 0.2) is 45.8 Å². The van der Waals surface area contributed by atoms with E-state index in [1.54, 1.807) is 7.11 Å². The molecule has 0 radical (unpaired) electrons. The Morgan fingerprint density at radius 3 is 2.92 bits per heavy atom. The molecule has 0 aliphatic rings. The van der Waals surface area contributed by atoms with Crippen LogP contribution in [0, 0.1) is 18.4 Å². The lowest BCUT2D eigenvalue weighted by Crippen LogP contribution is -2.12. The van der Waals surface area contributed by atoms with Gasteiger partial charge in [0.15, 0.2) is 16.9 Å². The molecule has 0 bridgehead atoms. The minimum Gasteiger partial charge on any atom is -0.497 e. The molecule has 3 rings (SSSR count). The molecule has 0 atom stereocenters. The van der Waals surface area contributed by atoms with E-state index in [0.29, 0.717) is 16.6 Å². The van der Waals surface area contributed by atoms with Crippen LogP contribution in [0.4, 0.5) is 5.69 Å². The molecule has 0 saturated carbocycles. The monoisotopic (exact) mass is 352 g/mol. The Kier molecular flexibility index (Phi) is 4.91. The van der Waals surface area contributed by atoms with Gasteiger partial charge in [-0.15, -0.1) is 0 Å². The van der Waals surface area contributed by atoms with E-state index in [9.17, 15) is 0 Å². The van der Waals surface area contributed by atoms with Crippen molar-refractivity contribution >= 4 is 33.7 Å². The molecule has 0 amide bonds. The van der Waals surface area contributed by atoms with Gasteiger partial charge in [-0.1, -0.05) is 17.8 Å². The first-order valence-corrected chi connectivity index (χ1v) is 8.71. The van der Waals surface area contributed by atoms with E-state index in [1.807, 2.05) is 55.8 Å². The van der Waals surface area contributed by atoms with Gasteiger partial charge in [0.2, 0.25) is 5.89 Å². The number of methoxy groups -OCH3 is 1. The molecular formula is C18H16N4O2S. The van der Waals surface area contributed by atoms with Gasteiger partial charge < -0.3 is 9.15 Å². The molecule has 0 saturated heterocycles. The van der Waals surface area contributed by atoms with Gasteiger partial charge in [-0.25, -0.2) is 9.98 Å². The van der Waals surface area contributed by atoms with Crippen LogP contribution in [0.5, 0.6) is 5.75 Å². The smallest absolute Gasteiger partial charge is 0.227 e. The van der Waals surface area contributed by atoms with Crippen molar-refractivity contribution in [2.45, 2.75) is 6.92 Å². The molecule has 0 aliphatic carbocycles. The number of nitrogens with zero attached hydrogens (tertiary/aromatic N) is 3. The maximum absolute atomic E-state index is 8.78. The van der Waals surface area contributed by atoms with Crippen molar-refractivity contribution in [3.05, 3.63) is 42.0 Å². The summed E-state index contributed by atoms with van der Waals surface area (Å²) in [4.78, 5) is 9.05. The molecule has 126 valence electrons. The molecule has 3 aromatic rings. The number of benzene rings is 2. The van der Waals surface area contributed by atoms with Gasteiger partial charge in [0.25, 0.3) is 0 Å². The van der Waals surface area contributed by atoms with Gasteiger partial charge in [0, 0.05) is 11.6 Å². The minimum atomic E-state index is 0.525. The van der Waals surface area contributed by atoms with E-state index < -0.39 is 0 Å². The van der Waals surface area contributed by atoms with Gasteiger partial charge in [-0.3, -0.25) is 5.32 Å². The second-order valence-electron chi connectivity index (χ2n) is 5.16. The Bertz CT molecular complexity index is 988. The lowest BCUT2D eigenvalue weighted by atomic mass is 10.1. The number of fused-ring (bicyclic) bond motifs is 1. The second-order valence-corrected chi connectivity index (χ2v) is 5.96. The number of oxazole rings is 1. The summed E-state index contributed by atoms with van der Waals surface area (Å²) >= 11 is 1.37. The first-order chi connectivity index (χ1) is 12.2. The zero-order valence-electron chi connectivity index (χ0n) is 14.0. The molecule has 6 nitrogen and oxygen atoms in total. The number of thioether (sulfide) groups is 1. The van der Waals surface area contributed by atoms with Crippen molar-refractivity contribution in [3.8, 4) is 23.4 Å². The lowest BCUT2D eigenvalue weighted by Gasteiger charge is -2.06. The third-order valence-corrected chi connectivity index (χ3v) is 4.29. The van der Waals surface area contributed by atoms with Crippen LogP contribution in [0.25, 0.3) is 22.6 Å². The Morgan fingerprint density at radius 2 is 2.20 bits per heavy atom. The summed E-state index contributed by atoms with van der Waals surface area (Å²) in [6, 6.07) is 11.2. The summed E-state index contributed by atoms with van der Waals surface area (Å²) in [6.07, 6.45) is 3.75. The largest absolute Gasteiger partial charge is 0.497 e. The summed E-state index contributed by atoms with van der Waals surface area (Å²) in [7, 11) is 1.62. The number of ether oxygens (including phenoxy) is 1. The Morgan fingerprint density at radius 1 is 1.36 bits per heavy atom. The predicted octanol–water partition coefficient (Wildman–Crippen LogP) is 4.23. The highest BCUT2D eigenvalue weighted by Gasteiger charge is 2.13. The molecule has 2 aromatic carbocycles. The predicted molar refractivity (Wildman–Crippen MR) is 100 cm³/mol. The molecule has 7 heteroatoms. The fourth-order valence-corrected chi connectivity index (χ4v) is 2.74. The zero-order valence-corrected chi connectivity index (χ0v) is 14.8. The summed E-state index contributed by atoms with van der Waals surface area (Å²) in [5, 5.41) is 11.9. The Balaban J connectivity index is 2.06. The number of hydrogen-bond acceptors (Lipinski definition) is 6. The third-order valence-electron chi connectivity index (χ3n) is 3.71. The molecule has 0 fully saturated rings. The first-order valence-electron chi connectivity index (χ1n) is 7.48. The lowest BCUT2D eigenvalue weighted by molar-refractivity contribution is 0.415. The number of hydrogen-bond donors (Lipinski definition) is 1. The van der Waals surface area contributed by atoms with Gasteiger partial charge in [-0.05, 0) is 43.0 Å². The maximum Gasteiger partial charge on any atom is 0.227 e. The Labute approximate surface area is 149 Å². The van der Waals surface area contributed by atoms with Crippen molar-refractivity contribution < 1.29 is 9.15 Å². The number of rotatable bonds is 3. The van der Waals surface area contributed by atoms with Crippen molar-refractivity contribution in [2.75, 3.05) is 13.4 Å². The molecule has 0 unspecified atom stereocenters. The molecule has 0 spiro atoms. The topological polar surface area (TPSA) is 83.4 Å². The van der Waals surface area contributed by atoms with Crippen LogP contribution in [-0.2, 0) is 0 Å². The highest BCUT2D eigenvalue weighted by atomic mass is 32.2. The van der Waals surface area contributed by atoms with Crippen LogP contribution in [0.3, 0.4) is 0 Å². The first kappa shape index (κ1) is 16.9. The van der Waals surface area contributed by atoms with E-state index in [1.165, 1.54) is 11.8 Å². The quantitative estimate of drug-likeness (QED) is 0.329. The minimum absolute atomic E-state index is 0.525. The third kappa shape index (κ3) is 3.44. The molecule has 1 N–H and O–H groups in total. The summed E-state index contributed by atoms with van der Waals surface area (Å²) in [5.41, 5.74) is 3.96. The van der Waals surface area contributed by atoms with Gasteiger partial charge in [-0.2, -0.15) is 5.26 Å². The molecule has 1 aromatic heterocycles. The van der Waals surface area contributed by atoms with E-state index in [2.05, 4.69) is 15.3 Å². The van der Waals surface area contributed by atoms with Gasteiger partial charge >= 0.3 is 0 Å². The van der Waals surface area contributed by atoms with Crippen LogP contribution in [0.1, 0.15) is 5.56 Å². The number of nitriles is 1. The Hall–Kier alpha value is -2.98. The van der Waals surface area contributed by atoms with Crippen molar-refractivity contribution in [1.29, 1.82) is 5.26 Å². The molecule has 1 heterocycles. The maximum atomic E-state index is 8.78. The summed E-state index contributed by atoms with van der Waals surface area (Å²) in [5.74, 6) is 1.26. The van der Waals surface area contributed by atoms with Gasteiger partial charge in [0.1, 0.15) is 11.3 Å². The van der Waals surface area contributed by atoms with E-state index in [-0.39, 0.29) is 0 Å². The number of amidine groups is 1. The van der Waals surface area contributed by atoms with E-state index >= 15 is 0 Å². The second kappa shape index (κ2) is 7.28. The number of aromatic nitrogens is 1. The van der Waals surface area contributed by atoms with Crippen LogP contribution < -0.4 is 10.1 Å². The molecule has 0 aliphatic heterocycles. The number of aliphatic imine (C=N–C) groups is 1. The molecule has 25 heavy (non-hydrogen) atoms. The standard InChI is InChI=1S/C18H16N4O2S/c1-11-13(5-4-6-14(11)22-18(25-3)20-10-19)17-21-15-9-12(23-2)7-8-16(15)24-17/h4-9H,1-3H3,(H,20,22). The normalized spacial score (nSPS) is 11.4. The van der Waals surface area contributed by atoms with Crippen LogP contribution in [-0.4, -0.2) is 23.5 Å². The average molecular weight is 352 g/mol. The van der Waals surface area contributed by atoms with Crippen molar-refractivity contribution in [1.82, 2.24) is 10.3 Å². The fraction of sp³-hybridized carbons (Fsp3) is 0.167. The fourth-order valence-electron chi connectivity index (χ4n) is 2.41. The summed E-state index contributed by atoms with van der Waals surface area (Å²) in [6.45, 7) is 1.95. The average Bonchev–Trinajstić information content (AvgIpc) is 3.05. The zero-order chi connectivity index (χ0) is 17.8. The van der Waals surface area contributed by atoms with Gasteiger partial charge in [0.05, 0.1) is 12.8 Å². The highest BCUT2D eigenvalue weighted by Crippen LogP contribution is 2.33. The number of nitrogens with one attached hydrogen (secondary N) is 1. The van der Waals surface area contributed by atoms with Crippen LogP contribution >= 0.6 is 11.8 Å². The highest BCUT2D eigenvalue weighted by molar-refractivity contribution is 8.13. The van der Waals surface area contributed by atoms with E-state index in [0.717, 1.165) is 28.1 Å². The van der Waals surface area contributed by atoms with Crippen molar-refractivity contribution in [2.24, 2.45) is 4.99 Å². The van der Waals surface area contributed by atoms with E-state index in [4.69, 9.17) is 14.4 Å².